The number of benzene rings is 1. The van der Waals surface area contributed by atoms with E-state index >= 15 is 0 Å². The zero-order valence-corrected chi connectivity index (χ0v) is 15.6. The second-order valence-corrected chi connectivity index (χ2v) is 6.98. The number of hydrogen-bond donors (Lipinski definition) is 1. The van der Waals surface area contributed by atoms with Crippen molar-refractivity contribution in [3.63, 3.8) is 0 Å². The minimum Gasteiger partial charge on any atom is -0.290 e. The molecule has 0 bridgehead atoms. The number of ketones is 1. The number of nitrogens with one attached hydrogen (secondary N) is 1. The molecule has 0 spiro atoms. The quantitative estimate of drug-likeness (QED) is 0.820. The summed E-state index contributed by atoms with van der Waals surface area (Å²) in [6.07, 6.45) is 1.14. The third kappa shape index (κ3) is 4.16. The number of hydrogen-bond acceptors (Lipinski definition) is 3. The van der Waals surface area contributed by atoms with Gasteiger partial charge in [-0.1, -0.05) is 38.0 Å². The summed E-state index contributed by atoms with van der Waals surface area (Å²) in [5.74, 6) is 0.115. The summed E-state index contributed by atoms with van der Waals surface area (Å²) < 4.78 is 1.43. The van der Waals surface area contributed by atoms with Crippen LogP contribution in [0.2, 0.25) is 0 Å². The van der Waals surface area contributed by atoms with E-state index in [0.717, 1.165) is 17.5 Å². The van der Waals surface area contributed by atoms with Crippen molar-refractivity contribution < 1.29 is 4.79 Å². The van der Waals surface area contributed by atoms with Crippen molar-refractivity contribution in [3.8, 4) is 0 Å². The van der Waals surface area contributed by atoms with Crippen molar-refractivity contribution >= 4 is 5.78 Å². The topological polar surface area (TPSA) is 71.9 Å². The maximum Gasteiger partial charge on any atom is 0.328 e. The van der Waals surface area contributed by atoms with Crippen LogP contribution in [0.3, 0.4) is 0 Å². The molecule has 5 heteroatoms. The Morgan fingerprint density at radius 1 is 1.12 bits per heavy atom. The van der Waals surface area contributed by atoms with Gasteiger partial charge in [-0.2, -0.15) is 0 Å². The number of nitrogens with zero attached hydrogens (tertiary/aromatic N) is 1. The van der Waals surface area contributed by atoms with Gasteiger partial charge in [-0.25, -0.2) is 4.79 Å². The minimum absolute atomic E-state index is 0.224. The Bertz CT molecular complexity index is 884. The predicted octanol–water partition coefficient (Wildman–Crippen LogP) is 2.99. The Kier molecular flexibility index (Phi) is 5.77. The highest BCUT2D eigenvalue weighted by molar-refractivity contribution is 6.09. The fourth-order valence-electron chi connectivity index (χ4n) is 3.04. The van der Waals surface area contributed by atoms with Crippen molar-refractivity contribution in [1.82, 2.24) is 9.55 Å². The molecule has 1 aromatic carbocycles. The summed E-state index contributed by atoms with van der Waals surface area (Å²) >= 11 is 0. The van der Waals surface area contributed by atoms with Gasteiger partial charge in [0, 0.05) is 17.7 Å². The molecule has 2 rings (SSSR count). The van der Waals surface area contributed by atoms with Gasteiger partial charge in [0.1, 0.15) is 5.69 Å². The first-order valence-corrected chi connectivity index (χ1v) is 8.73. The molecule has 0 fully saturated rings. The molecule has 2 aromatic rings. The molecule has 0 unspecified atom stereocenters. The number of carbonyl (C=O) groups excluding carboxylic acids is 1. The van der Waals surface area contributed by atoms with Gasteiger partial charge >= 0.3 is 5.69 Å². The molecule has 5 nitrogen and oxygen atoms in total. The van der Waals surface area contributed by atoms with E-state index in [1.165, 1.54) is 4.57 Å². The Labute approximate surface area is 147 Å². The molecule has 1 aromatic heterocycles. The third-order valence-electron chi connectivity index (χ3n) is 4.28. The summed E-state index contributed by atoms with van der Waals surface area (Å²) in [5.41, 5.74) is 2.06. The lowest BCUT2D eigenvalue weighted by molar-refractivity contribution is 0.102. The Balaban J connectivity index is 2.69. The van der Waals surface area contributed by atoms with Gasteiger partial charge in [-0.05, 0) is 44.7 Å². The fourth-order valence-corrected chi connectivity index (χ4v) is 3.04. The van der Waals surface area contributed by atoms with E-state index in [-0.39, 0.29) is 11.5 Å². The number of H-pyrrole nitrogens is 1. The number of aromatic amines is 1. The van der Waals surface area contributed by atoms with E-state index < -0.39 is 11.2 Å². The van der Waals surface area contributed by atoms with Gasteiger partial charge in [0.15, 0.2) is 0 Å². The lowest BCUT2D eigenvalue weighted by atomic mass is 9.99. The third-order valence-corrected chi connectivity index (χ3v) is 4.28. The second-order valence-electron chi connectivity index (χ2n) is 6.98. The molecule has 0 aliphatic rings. The molecule has 1 heterocycles. The van der Waals surface area contributed by atoms with Gasteiger partial charge in [-0.15, -0.1) is 0 Å². The van der Waals surface area contributed by atoms with Gasteiger partial charge in [0.05, 0.1) is 0 Å². The molecule has 0 saturated heterocycles. The molecule has 0 saturated carbocycles. The van der Waals surface area contributed by atoms with E-state index in [1.807, 2.05) is 26.8 Å². The molecule has 25 heavy (non-hydrogen) atoms. The van der Waals surface area contributed by atoms with Crippen LogP contribution < -0.4 is 11.2 Å². The fraction of sp³-hybridized carbons (Fsp3) is 0.450. The maximum absolute atomic E-state index is 13.2. The van der Waals surface area contributed by atoms with Crippen molar-refractivity contribution in [3.05, 3.63) is 67.0 Å². The zero-order valence-electron chi connectivity index (χ0n) is 15.6. The first-order valence-electron chi connectivity index (χ1n) is 8.73. The second kappa shape index (κ2) is 7.64. The van der Waals surface area contributed by atoms with E-state index in [9.17, 15) is 14.4 Å². The van der Waals surface area contributed by atoms with E-state index in [0.29, 0.717) is 30.0 Å². The maximum atomic E-state index is 13.2. The van der Waals surface area contributed by atoms with Gasteiger partial charge < -0.3 is 0 Å². The van der Waals surface area contributed by atoms with Crippen LogP contribution in [0.15, 0.2) is 27.8 Å². The highest BCUT2D eigenvalue weighted by Crippen LogP contribution is 2.16. The minimum atomic E-state index is -0.518. The summed E-state index contributed by atoms with van der Waals surface area (Å²) in [6, 6.07) is 5.58. The van der Waals surface area contributed by atoms with Crippen LogP contribution in [0.5, 0.6) is 0 Å². The average molecular weight is 342 g/mol. The monoisotopic (exact) mass is 342 g/mol. The Morgan fingerprint density at radius 3 is 2.24 bits per heavy atom. The van der Waals surface area contributed by atoms with Crippen LogP contribution in [0.25, 0.3) is 0 Å². The van der Waals surface area contributed by atoms with Crippen molar-refractivity contribution in [2.24, 2.45) is 5.92 Å². The molecule has 0 aliphatic carbocycles. The molecule has 0 radical (unpaired) electrons. The van der Waals surface area contributed by atoms with Crippen LogP contribution in [0, 0.1) is 19.8 Å². The van der Waals surface area contributed by atoms with Crippen LogP contribution in [-0.2, 0) is 13.0 Å². The number of rotatable bonds is 6. The van der Waals surface area contributed by atoms with E-state index in [1.54, 1.807) is 12.1 Å². The largest absolute Gasteiger partial charge is 0.328 e. The highest BCUT2D eigenvalue weighted by Gasteiger charge is 2.22. The number of carbonyl (C=O) groups is 1. The molecule has 0 aliphatic heterocycles. The molecule has 0 amide bonds. The average Bonchev–Trinajstić information content (AvgIpc) is 2.51. The molecule has 134 valence electrons. The zero-order chi connectivity index (χ0) is 18.7. The van der Waals surface area contributed by atoms with Crippen LogP contribution in [-0.4, -0.2) is 15.3 Å². The smallest absolute Gasteiger partial charge is 0.290 e. The number of aryl methyl sites for hydroxylation is 2. The Hall–Kier alpha value is -2.43. The van der Waals surface area contributed by atoms with Gasteiger partial charge in [0.25, 0.3) is 5.56 Å². The van der Waals surface area contributed by atoms with Crippen molar-refractivity contribution in [1.29, 1.82) is 0 Å². The normalized spacial score (nSPS) is 11.1. The van der Waals surface area contributed by atoms with E-state index in [4.69, 9.17) is 0 Å². The van der Waals surface area contributed by atoms with Crippen molar-refractivity contribution in [2.45, 2.75) is 54.0 Å². The first-order chi connectivity index (χ1) is 11.7. The molecular formula is C20H26N2O3. The van der Waals surface area contributed by atoms with Crippen LogP contribution in [0.4, 0.5) is 0 Å². The highest BCUT2D eigenvalue weighted by atomic mass is 16.2. The van der Waals surface area contributed by atoms with Crippen LogP contribution in [0.1, 0.15) is 59.9 Å². The molecule has 1 N–H and O–H groups in total. The SMILES string of the molecule is CCc1c(C(=O)c2cc(C)cc(C)c2)n(CCC(C)C)c(=O)[nH]c1=O. The van der Waals surface area contributed by atoms with Crippen molar-refractivity contribution in [2.75, 3.05) is 0 Å². The predicted molar refractivity (Wildman–Crippen MR) is 99.5 cm³/mol. The summed E-state index contributed by atoms with van der Waals surface area (Å²) in [7, 11) is 0. The summed E-state index contributed by atoms with van der Waals surface area (Å²) in [6.45, 7) is 10.2. The molecule has 0 atom stereocenters. The standard InChI is InChI=1S/C20H26N2O3/c1-6-16-17(18(23)15-10-13(4)9-14(5)11-15)22(8-7-12(2)3)20(25)21-19(16)24/h9-12H,6-8H2,1-5H3,(H,21,24,25). The summed E-state index contributed by atoms with van der Waals surface area (Å²) in [5, 5.41) is 0. The lowest BCUT2D eigenvalue weighted by Gasteiger charge is -2.16. The lowest BCUT2D eigenvalue weighted by Crippen LogP contribution is -2.37. The first kappa shape index (κ1) is 18.9. The Morgan fingerprint density at radius 2 is 1.72 bits per heavy atom. The molecular weight excluding hydrogens is 316 g/mol. The van der Waals surface area contributed by atoms with Gasteiger partial charge in [-0.3, -0.25) is 19.1 Å². The number of aromatic nitrogens is 2. The van der Waals surface area contributed by atoms with Gasteiger partial charge in [0.2, 0.25) is 5.78 Å². The van der Waals surface area contributed by atoms with Crippen LogP contribution >= 0.6 is 0 Å². The summed E-state index contributed by atoms with van der Waals surface area (Å²) in [4.78, 5) is 40.1. The van der Waals surface area contributed by atoms with E-state index in [2.05, 4.69) is 18.8 Å².